The molecule has 0 bridgehead atoms. The van der Waals surface area contributed by atoms with Crippen LogP contribution in [0.2, 0.25) is 0 Å². The zero-order valence-corrected chi connectivity index (χ0v) is 15.7. The highest BCUT2D eigenvalue weighted by molar-refractivity contribution is 6.00. The van der Waals surface area contributed by atoms with Gasteiger partial charge >= 0.3 is 6.03 Å². The molecule has 7 nitrogen and oxygen atoms in total. The maximum Gasteiger partial charge on any atom is 0.319 e. The summed E-state index contributed by atoms with van der Waals surface area (Å²) in [5.41, 5.74) is 5.12. The smallest absolute Gasteiger partial charge is 0.319 e. The number of nitrogens with one attached hydrogen (secondary N) is 2. The average molecular weight is 372 g/mol. The van der Waals surface area contributed by atoms with E-state index in [4.69, 9.17) is 0 Å². The molecule has 140 valence electrons. The van der Waals surface area contributed by atoms with Crippen LogP contribution in [0.5, 0.6) is 0 Å². The molecule has 0 saturated heterocycles. The Kier molecular flexibility index (Phi) is 4.72. The molecule has 2 amide bonds. The van der Waals surface area contributed by atoms with E-state index in [-0.39, 0.29) is 6.03 Å². The van der Waals surface area contributed by atoms with Crippen molar-refractivity contribution in [3.05, 3.63) is 66.9 Å². The van der Waals surface area contributed by atoms with Gasteiger partial charge in [-0.2, -0.15) is 0 Å². The number of carbonyl (C=O) groups is 1. The highest BCUT2D eigenvalue weighted by Gasteiger charge is 2.16. The fourth-order valence-electron chi connectivity index (χ4n) is 3.12. The molecule has 0 spiro atoms. The van der Waals surface area contributed by atoms with Crippen molar-refractivity contribution >= 4 is 22.8 Å². The molecular formula is C21H20N6O. The second kappa shape index (κ2) is 7.48. The predicted octanol–water partition coefficient (Wildman–Crippen LogP) is 3.93. The summed E-state index contributed by atoms with van der Waals surface area (Å²) >= 11 is 0. The van der Waals surface area contributed by atoms with Crippen LogP contribution >= 0.6 is 0 Å². The Hall–Kier alpha value is -3.74. The molecule has 2 N–H and O–H groups in total. The Morgan fingerprint density at radius 3 is 2.71 bits per heavy atom. The maximum atomic E-state index is 12.1. The van der Waals surface area contributed by atoms with E-state index in [1.165, 1.54) is 0 Å². The van der Waals surface area contributed by atoms with Gasteiger partial charge in [0.1, 0.15) is 11.3 Å². The third kappa shape index (κ3) is 3.29. The summed E-state index contributed by atoms with van der Waals surface area (Å²) in [4.78, 5) is 25.4. The van der Waals surface area contributed by atoms with Crippen molar-refractivity contribution < 1.29 is 4.79 Å². The molecule has 0 aliphatic heterocycles. The lowest BCUT2D eigenvalue weighted by Gasteiger charge is -2.08. The second-order valence-corrected chi connectivity index (χ2v) is 6.37. The monoisotopic (exact) mass is 372 g/mol. The van der Waals surface area contributed by atoms with Crippen molar-refractivity contribution in [3.63, 3.8) is 0 Å². The SMILES string of the molecule is CCNC(=O)Nc1cn(-c2ncccc2C)c2cc(-c3cccnc3)cnc12. The van der Waals surface area contributed by atoms with Crippen molar-refractivity contribution in [2.45, 2.75) is 13.8 Å². The topological polar surface area (TPSA) is 84.7 Å². The number of aryl methyl sites for hydroxylation is 1. The molecule has 0 aromatic carbocycles. The maximum absolute atomic E-state index is 12.1. The number of rotatable bonds is 4. The van der Waals surface area contributed by atoms with E-state index in [1.54, 1.807) is 24.8 Å². The van der Waals surface area contributed by atoms with E-state index in [0.717, 1.165) is 28.0 Å². The molecule has 4 aromatic rings. The second-order valence-electron chi connectivity index (χ2n) is 6.37. The number of anilines is 1. The van der Waals surface area contributed by atoms with Crippen molar-refractivity contribution in [3.8, 4) is 16.9 Å². The minimum absolute atomic E-state index is 0.266. The van der Waals surface area contributed by atoms with E-state index in [0.29, 0.717) is 17.7 Å². The molecule has 0 aliphatic rings. The van der Waals surface area contributed by atoms with Gasteiger partial charge in [-0.3, -0.25) is 14.5 Å². The lowest BCUT2D eigenvalue weighted by molar-refractivity contribution is 0.252. The Labute approximate surface area is 162 Å². The number of amides is 2. The average Bonchev–Trinajstić information content (AvgIpc) is 3.06. The number of aromatic nitrogens is 4. The number of hydrogen-bond acceptors (Lipinski definition) is 4. The van der Waals surface area contributed by atoms with E-state index >= 15 is 0 Å². The minimum Gasteiger partial charge on any atom is -0.338 e. The fraction of sp³-hybridized carbons (Fsp3) is 0.143. The van der Waals surface area contributed by atoms with Crippen LogP contribution < -0.4 is 10.6 Å². The lowest BCUT2D eigenvalue weighted by atomic mass is 10.1. The normalized spacial score (nSPS) is 10.8. The summed E-state index contributed by atoms with van der Waals surface area (Å²) in [7, 11) is 0. The molecule has 0 atom stereocenters. The van der Waals surface area contributed by atoms with Gasteiger partial charge in [0.25, 0.3) is 0 Å². The standard InChI is InChI=1S/C21H20N6O/c1-3-23-21(28)26-17-13-27(20-14(2)6-4-9-24-20)18-10-16(12-25-19(17)18)15-7-5-8-22-11-15/h4-13H,3H2,1-2H3,(H2,23,26,28). The molecule has 28 heavy (non-hydrogen) atoms. The first-order valence-electron chi connectivity index (χ1n) is 9.05. The predicted molar refractivity (Wildman–Crippen MR) is 110 cm³/mol. The van der Waals surface area contributed by atoms with Crippen LogP contribution in [-0.4, -0.2) is 32.1 Å². The number of hydrogen-bond donors (Lipinski definition) is 2. The van der Waals surface area contributed by atoms with E-state index in [2.05, 4.69) is 25.6 Å². The molecular weight excluding hydrogens is 352 g/mol. The van der Waals surface area contributed by atoms with Gasteiger partial charge in [-0.05, 0) is 37.6 Å². The summed E-state index contributed by atoms with van der Waals surface area (Å²) in [6, 6.07) is 9.56. The number of fused-ring (bicyclic) bond motifs is 1. The molecule has 4 heterocycles. The Bertz CT molecular complexity index is 1140. The minimum atomic E-state index is -0.266. The number of carbonyl (C=O) groups excluding carboxylic acids is 1. The van der Waals surface area contributed by atoms with Crippen LogP contribution in [-0.2, 0) is 0 Å². The quantitative estimate of drug-likeness (QED) is 0.568. The molecule has 0 unspecified atom stereocenters. The van der Waals surface area contributed by atoms with Crippen LogP contribution in [0.3, 0.4) is 0 Å². The summed E-state index contributed by atoms with van der Waals surface area (Å²) < 4.78 is 1.96. The Morgan fingerprint density at radius 1 is 1.11 bits per heavy atom. The molecule has 0 radical (unpaired) electrons. The van der Waals surface area contributed by atoms with Crippen molar-refractivity contribution in [2.24, 2.45) is 0 Å². The van der Waals surface area contributed by atoms with E-state index in [1.807, 2.05) is 54.9 Å². The Balaban J connectivity index is 1.90. The molecule has 0 fully saturated rings. The summed E-state index contributed by atoms with van der Waals surface area (Å²) in [6.07, 6.45) is 8.94. The van der Waals surface area contributed by atoms with Gasteiger partial charge in [0.2, 0.25) is 0 Å². The molecule has 0 aliphatic carbocycles. The fourth-order valence-corrected chi connectivity index (χ4v) is 3.12. The van der Waals surface area contributed by atoms with Gasteiger partial charge in [-0.25, -0.2) is 9.78 Å². The highest BCUT2D eigenvalue weighted by Crippen LogP contribution is 2.30. The van der Waals surface area contributed by atoms with Crippen LogP contribution in [0.25, 0.3) is 28.0 Å². The molecule has 0 saturated carbocycles. The number of nitrogens with zero attached hydrogens (tertiary/aromatic N) is 4. The van der Waals surface area contributed by atoms with Crippen molar-refractivity contribution in [1.82, 2.24) is 24.8 Å². The van der Waals surface area contributed by atoms with Crippen LogP contribution in [0.4, 0.5) is 10.5 Å². The largest absolute Gasteiger partial charge is 0.338 e. The summed E-state index contributed by atoms with van der Waals surface area (Å²) in [5, 5.41) is 5.63. The molecule has 4 aromatic heterocycles. The first-order valence-corrected chi connectivity index (χ1v) is 9.05. The molecule has 4 rings (SSSR count). The first kappa shape index (κ1) is 17.7. The van der Waals surface area contributed by atoms with Gasteiger partial charge in [-0.1, -0.05) is 12.1 Å². The summed E-state index contributed by atoms with van der Waals surface area (Å²) in [6.45, 7) is 4.42. The van der Waals surface area contributed by atoms with Crippen LogP contribution in [0.15, 0.2) is 61.3 Å². The number of urea groups is 1. The third-order valence-electron chi connectivity index (χ3n) is 4.43. The van der Waals surface area contributed by atoms with Gasteiger partial charge in [-0.15, -0.1) is 0 Å². The highest BCUT2D eigenvalue weighted by atomic mass is 16.2. The third-order valence-corrected chi connectivity index (χ3v) is 4.43. The van der Waals surface area contributed by atoms with Gasteiger partial charge in [0.05, 0.1) is 11.2 Å². The van der Waals surface area contributed by atoms with Crippen molar-refractivity contribution in [2.75, 3.05) is 11.9 Å². The number of pyridine rings is 3. The molecule has 7 heteroatoms. The Morgan fingerprint density at radius 2 is 1.96 bits per heavy atom. The zero-order chi connectivity index (χ0) is 19.5. The van der Waals surface area contributed by atoms with Crippen LogP contribution in [0, 0.1) is 6.92 Å². The van der Waals surface area contributed by atoms with Gasteiger partial charge < -0.3 is 10.6 Å². The lowest BCUT2D eigenvalue weighted by Crippen LogP contribution is -2.28. The van der Waals surface area contributed by atoms with E-state index < -0.39 is 0 Å². The first-order chi connectivity index (χ1) is 13.7. The zero-order valence-electron chi connectivity index (χ0n) is 15.7. The van der Waals surface area contributed by atoms with Crippen LogP contribution in [0.1, 0.15) is 12.5 Å². The van der Waals surface area contributed by atoms with Gasteiger partial charge in [0, 0.05) is 48.7 Å². The summed E-state index contributed by atoms with van der Waals surface area (Å²) in [5.74, 6) is 0.793. The van der Waals surface area contributed by atoms with E-state index in [9.17, 15) is 4.79 Å². The van der Waals surface area contributed by atoms with Crippen molar-refractivity contribution in [1.29, 1.82) is 0 Å². The van der Waals surface area contributed by atoms with Gasteiger partial charge in [0.15, 0.2) is 0 Å².